The molecule has 2 heterocycles. The van der Waals surface area contributed by atoms with Crippen molar-refractivity contribution in [1.29, 1.82) is 0 Å². The van der Waals surface area contributed by atoms with E-state index in [1.54, 1.807) is 31.4 Å². The number of rotatable bonds is 6. The minimum absolute atomic E-state index is 0.0625. The molecule has 1 aliphatic heterocycles. The SMILES string of the molecule is C=CC(=O)N1C[C@@H](C)[C@H](Nc2ncc3cc(-c4c(Cl)c(OC)cc(OC)c4Cl)ccc3n2)C1. The number of hydrogen-bond donors (Lipinski definition) is 1. The smallest absolute Gasteiger partial charge is 0.246 e. The topological polar surface area (TPSA) is 76.6 Å². The third-order valence-electron chi connectivity index (χ3n) is 5.86. The van der Waals surface area contributed by atoms with Crippen molar-refractivity contribution in [1.82, 2.24) is 14.9 Å². The maximum Gasteiger partial charge on any atom is 0.246 e. The van der Waals surface area contributed by atoms with E-state index in [-0.39, 0.29) is 17.9 Å². The first kappa shape index (κ1) is 23.1. The van der Waals surface area contributed by atoms with Crippen LogP contribution in [-0.2, 0) is 4.79 Å². The number of ether oxygens (including phenoxy) is 2. The molecule has 2 aromatic carbocycles. The molecule has 3 aromatic rings. The van der Waals surface area contributed by atoms with Crippen LogP contribution in [-0.4, -0.2) is 54.1 Å². The summed E-state index contributed by atoms with van der Waals surface area (Å²) in [6.45, 7) is 6.92. The van der Waals surface area contributed by atoms with Crippen molar-refractivity contribution in [3.63, 3.8) is 0 Å². The van der Waals surface area contributed by atoms with Crippen molar-refractivity contribution >= 4 is 46.0 Å². The molecule has 1 saturated heterocycles. The Morgan fingerprint density at radius 1 is 1.18 bits per heavy atom. The van der Waals surface area contributed by atoms with Crippen LogP contribution in [0.3, 0.4) is 0 Å². The molecular formula is C24H24Cl2N4O3. The molecule has 2 atom stereocenters. The van der Waals surface area contributed by atoms with Crippen LogP contribution < -0.4 is 14.8 Å². The summed E-state index contributed by atoms with van der Waals surface area (Å²) < 4.78 is 10.8. The number of methoxy groups -OCH3 is 2. The first-order chi connectivity index (χ1) is 15.9. The third kappa shape index (κ3) is 4.43. The van der Waals surface area contributed by atoms with Crippen LogP contribution in [0.2, 0.25) is 10.0 Å². The zero-order chi connectivity index (χ0) is 23.7. The van der Waals surface area contributed by atoms with E-state index < -0.39 is 0 Å². The fourth-order valence-corrected chi connectivity index (χ4v) is 4.75. The van der Waals surface area contributed by atoms with Gasteiger partial charge in [0.1, 0.15) is 11.5 Å². The number of likely N-dealkylation sites (tertiary alicyclic amines) is 1. The van der Waals surface area contributed by atoms with Gasteiger partial charge in [0, 0.05) is 36.3 Å². The van der Waals surface area contributed by atoms with Gasteiger partial charge in [-0.1, -0.05) is 42.8 Å². The normalized spacial score (nSPS) is 17.8. The molecule has 1 aliphatic rings. The van der Waals surface area contributed by atoms with Crippen molar-refractivity contribution < 1.29 is 14.3 Å². The van der Waals surface area contributed by atoms with Gasteiger partial charge in [-0.05, 0) is 29.7 Å². The fraction of sp³-hybridized carbons (Fsp3) is 0.292. The van der Waals surface area contributed by atoms with Gasteiger partial charge in [-0.15, -0.1) is 0 Å². The van der Waals surface area contributed by atoms with Crippen LogP contribution in [0.1, 0.15) is 6.92 Å². The Labute approximate surface area is 202 Å². The highest BCUT2D eigenvalue weighted by Crippen LogP contribution is 2.46. The van der Waals surface area contributed by atoms with Gasteiger partial charge in [-0.2, -0.15) is 0 Å². The average Bonchev–Trinajstić information content (AvgIpc) is 3.18. The van der Waals surface area contributed by atoms with Crippen molar-refractivity contribution in [2.75, 3.05) is 32.6 Å². The highest BCUT2D eigenvalue weighted by molar-refractivity contribution is 6.41. The maximum atomic E-state index is 11.9. The lowest BCUT2D eigenvalue weighted by molar-refractivity contribution is -0.125. The van der Waals surface area contributed by atoms with Gasteiger partial charge in [0.05, 0.1) is 35.8 Å². The van der Waals surface area contributed by atoms with Crippen LogP contribution >= 0.6 is 23.2 Å². The first-order valence-corrected chi connectivity index (χ1v) is 11.2. The number of carbonyl (C=O) groups is 1. The molecule has 0 aliphatic carbocycles. The number of benzene rings is 2. The molecule has 0 spiro atoms. The number of nitrogens with zero attached hydrogens (tertiary/aromatic N) is 3. The molecule has 1 N–H and O–H groups in total. The van der Waals surface area contributed by atoms with E-state index in [1.807, 2.05) is 18.2 Å². The van der Waals surface area contributed by atoms with Gasteiger partial charge in [0.15, 0.2) is 0 Å². The molecule has 1 aromatic heterocycles. The number of carbonyl (C=O) groups excluding carboxylic acids is 1. The summed E-state index contributed by atoms with van der Waals surface area (Å²) in [5.41, 5.74) is 2.18. The lowest BCUT2D eigenvalue weighted by atomic mass is 10.0. The summed E-state index contributed by atoms with van der Waals surface area (Å²) >= 11 is 13.1. The molecular weight excluding hydrogens is 463 g/mol. The van der Waals surface area contributed by atoms with Crippen LogP contribution in [0.5, 0.6) is 11.5 Å². The molecule has 0 unspecified atom stereocenters. The minimum atomic E-state index is -0.0652. The molecule has 1 fully saturated rings. The molecule has 0 saturated carbocycles. The van der Waals surface area contributed by atoms with E-state index in [4.69, 9.17) is 32.7 Å². The molecule has 0 radical (unpaired) electrons. The van der Waals surface area contributed by atoms with Gasteiger partial charge in [0.25, 0.3) is 0 Å². The summed E-state index contributed by atoms with van der Waals surface area (Å²) in [7, 11) is 3.08. The van der Waals surface area contributed by atoms with E-state index in [0.29, 0.717) is 46.1 Å². The van der Waals surface area contributed by atoms with E-state index in [1.165, 1.54) is 6.08 Å². The lowest BCUT2D eigenvalue weighted by Gasteiger charge is -2.17. The Bertz CT molecular complexity index is 1210. The molecule has 0 bridgehead atoms. The van der Waals surface area contributed by atoms with E-state index >= 15 is 0 Å². The molecule has 4 rings (SSSR count). The molecule has 9 heteroatoms. The van der Waals surface area contributed by atoms with E-state index in [0.717, 1.165) is 16.5 Å². The second-order valence-electron chi connectivity index (χ2n) is 7.93. The molecule has 7 nitrogen and oxygen atoms in total. The summed E-state index contributed by atoms with van der Waals surface area (Å²) in [5.74, 6) is 1.66. The van der Waals surface area contributed by atoms with Crippen LogP contribution in [0, 0.1) is 5.92 Å². The number of halogens is 2. The third-order valence-corrected chi connectivity index (χ3v) is 6.61. The summed E-state index contributed by atoms with van der Waals surface area (Å²) in [5, 5.41) is 4.99. The maximum absolute atomic E-state index is 11.9. The Morgan fingerprint density at radius 3 is 2.52 bits per heavy atom. The van der Waals surface area contributed by atoms with Crippen LogP contribution in [0.25, 0.3) is 22.0 Å². The van der Waals surface area contributed by atoms with E-state index in [2.05, 4.69) is 28.8 Å². The van der Waals surface area contributed by atoms with Gasteiger partial charge in [-0.3, -0.25) is 4.79 Å². The second-order valence-corrected chi connectivity index (χ2v) is 8.68. The Kier molecular flexibility index (Phi) is 6.63. The Hall–Kier alpha value is -3.03. The monoisotopic (exact) mass is 486 g/mol. The number of amides is 1. The lowest BCUT2D eigenvalue weighted by Crippen LogP contribution is -2.31. The van der Waals surface area contributed by atoms with Gasteiger partial charge >= 0.3 is 0 Å². The number of nitrogens with one attached hydrogen (secondary N) is 1. The number of anilines is 1. The standard InChI is InChI=1S/C24H24Cl2N4O3/c1-5-20(31)30-11-13(2)17(12-30)29-24-27-10-15-8-14(6-7-16(15)28-24)21-22(25)18(32-3)9-19(33-4)23(21)26/h5-10,13,17H,1,11-12H2,2-4H3,(H,27,28,29)/t13-,17-/m1/s1. The van der Waals surface area contributed by atoms with E-state index in [9.17, 15) is 4.79 Å². The highest BCUT2D eigenvalue weighted by Gasteiger charge is 2.32. The first-order valence-electron chi connectivity index (χ1n) is 10.4. The Balaban J connectivity index is 1.63. The molecule has 172 valence electrons. The van der Waals surface area contributed by atoms with Crippen molar-refractivity contribution in [2.24, 2.45) is 5.92 Å². The molecule has 33 heavy (non-hydrogen) atoms. The molecule has 1 amide bonds. The summed E-state index contributed by atoms with van der Waals surface area (Å²) in [6, 6.07) is 7.43. The van der Waals surface area contributed by atoms with Gasteiger partial charge in [-0.25, -0.2) is 9.97 Å². The predicted octanol–water partition coefficient (Wildman–Crippen LogP) is 5.07. The zero-order valence-corrected chi connectivity index (χ0v) is 20.1. The number of aromatic nitrogens is 2. The largest absolute Gasteiger partial charge is 0.495 e. The number of fused-ring (bicyclic) bond motifs is 1. The summed E-state index contributed by atoms with van der Waals surface area (Å²) in [6.07, 6.45) is 3.09. The summed E-state index contributed by atoms with van der Waals surface area (Å²) in [4.78, 5) is 22.8. The zero-order valence-electron chi connectivity index (χ0n) is 18.6. The highest BCUT2D eigenvalue weighted by atomic mass is 35.5. The quantitative estimate of drug-likeness (QED) is 0.490. The van der Waals surface area contributed by atoms with Gasteiger partial charge in [0.2, 0.25) is 11.9 Å². The predicted molar refractivity (Wildman–Crippen MR) is 131 cm³/mol. The van der Waals surface area contributed by atoms with Crippen molar-refractivity contribution in [3.8, 4) is 22.6 Å². The minimum Gasteiger partial charge on any atom is -0.495 e. The number of hydrogen-bond acceptors (Lipinski definition) is 6. The van der Waals surface area contributed by atoms with Crippen molar-refractivity contribution in [2.45, 2.75) is 13.0 Å². The second kappa shape index (κ2) is 9.45. The van der Waals surface area contributed by atoms with Gasteiger partial charge < -0.3 is 19.7 Å². The fourth-order valence-electron chi connectivity index (χ4n) is 4.03. The van der Waals surface area contributed by atoms with Crippen molar-refractivity contribution in [3.05, 3.63) is 53.2 Å². The van der Waals surface area contributed by atoms with Crippen LogP contribution in [0.15, 0.2) is 43.1 Å². The van der Waals surface area contributed by atoms with Crippen LogP contribution in [0.4, 0.5) is 5.95 Å². The average molecular weight is 487 g/mol. The Morgan fingerprint density at radius 2 is 1.88 bits per heavy atom.